The van der Waals surface area contributed by atoms with Crippen LogP contribution >= 0.6 is 0 Å². The first-order chi connectivity index (χ1) is 16.5. The second-order valence-corrected chi connectivity index (χ2v) is 9.76. The molecule has 4 amide bonds. The zero-order chi connectivity index (χ0) is 23.5. The van der Waals surface area contributed by atoms with E-state index in [2.05, 4.69) is 63.3 Å². The highest BCUT2D eigenvalue weighted by Crippen LogP contribution is 2.32. The maximum atomic E-state index is 12.5. The van der Waals surface area contributed by atoms with Crippen LogP contribution < -0.4 is 16.0 Å². The number of rotatable bonds is 5. The molecule has 1 saturated heterocycles. The molecule has 5 rings (SSSR count). The van der Waals surface area contributed by atoms with Gasteiger partial charge in [0.2, 0.25) is 11.8 Å². The summed E-state index contributed by atoms with van der Waals surface area (Å²) in [5, 5.41) is 8.59. The van der Waals surface area contributed by atoms with Gasteiger partial charge in [-0.1, -0.05) is 48.5 Å². The lowest BCUT2D eigenvalue weighted by Crippen LogP contribution is -2.50. The standard InChI is InChI=1S/C27H32N4O3/c32-25-13-12-24(26(33)30-25)31-16-21-7-6-18(14-22(21)17-31)15-28-27(34)29-23-10-8-20(9-11-23)19-4-2-1-3-5-19/h1-7,14,20,23-24H,8-13,15-17H2,(H2,28,29,34)(H,30,32,33). The zero-order valence-corrected chi connectivity index (χ0v) is 19.4. The summed E-state index contributed by atoms with van der Waals surface area (Å²) < 4.78 is 0. The molecule has 3 aliphatic rings. The largest absolute Gasteiger partial charge is 0.335 e. The Bertz CT molecular complexity index is 1060. The molecule has 0 bridgehead atoms. The SMILES string of the molecule is O=C1CCC(N2Cc3ccc(CNC(=O)NC4CCC(c5ccccc5)CC4)cc3C2)C(=O)N1. The summed E-state index contributed by atoms with van der Waals surface area (Å²) in [7, 11) is 0. The van der Waals surface area contributed by atoms with E-state index in [0.29, 0.717) is 38.4 Å². The van der Waals surface area contributed by atoms with E-state index < -0.39 is 0 Å². The van der Waals surface area contributed by atoms with E-state index in [0.717, 1.165) is 31.2 Å². The number of nitrogens with one attached hydrogen (secondary N) is 3. The number of carbonyl (C=O) groups excluding carboxylic acids is 3. The molecule has 1 atom stereocenters. The van der Waals surface area contributed by atoms with Crippen LogP contribution in [-0.2, 0) is 29.2 Å². The fraction of sp³-hybridized carbons (Fsp3) is 0.444. The molecule has 0 aromatic heterocycles. The molecule has 2 heterocycles. The Hall–Kier alpha value is -3.19. The number of benzene rings is 2. The minimum atomic E-state index is -0.255. The summed E-state index contributed by atoms with van der Waals surface area (Å²) in [4.78, 5) is 38.3. The third-order valence-electron chi connectivity index (χ3n) is 7.45. The van der Waals surface area contributed by atoms with Gasteiger partial charge in [-0.05, 0) is 60.3 Å². The van der Waals surface area contributed by atoms with E-state index in [9.17, 15) is 14.4 Å². The van der Waals surface area contributed by atoms with E-state index in [-0.39, 0.29) is 29.9 Å². The molecule has 2 aromatic carbocycles. The van der Waals surface area contributed by atoms with Gasteiger partial charge in [0.1, 0.15) is 0 Å². The molecule has 34 heavy (non-hydrogen) atoms. The van der Waals surface area contributed by atoms with Crippen LogP contribution in [0.5, 0.6) is 0 Å². The first-order valence-electron chi connectivity index (χ1n) is 12.3. The Labute approximate surface area is 200 Å². The van der Waals surface area contributed by atoms with Crippen LogP contribution in [0.2, 0.25) is 0 Å². The monoisotopic (exact) mass is 460 g/mol. The molecule has 0 radical (unpaired) electrons. The van der Waals surface area contributed by atoms with Crippen LogP contribution in [0, 0.1) is 0 Å². The van der Waals surface area contributed by atoms with Gasteiger partial charge in [-0.25, -0.2) is 4.79 Å². The number of amides is 4. The topological polar surface area (TPSA) is 90.5 Å². The van der Waals surface area contributed by atoms with Gasteiger partial charge in [-0.2, -0.15) is 0 Å². The van der Waals surface area contributed by atoms with Crippen LogP contribution in [0.3, 0.4) is 0 Å². The highest BCUT2D eigenvalue weighted by molar-refractivity contribution is 6.00. The molecule has 1 saturated carbocycles. The lowest BCUT2D eigenvalue weighted by Gasteiger charge is -2.29. The minimum absolute atomic E-state index is 0.117. The van der Waals surface area contributed by atoms with Gasteiger partial charge in [0.15, 0.2) is 0 Å². The second-order valence-electron chi connectivity index (χ2n) is 9.76. The predicted octanol–water partition coefficient (Wildman–Crippen LogP) is 3.33. The van der Waals surface area contributed by atoms with Crippen LogP contribution in [-0.4, -0.2) is 34.8 Å². The van der Waals surface area contributed by atoms with Gasteiger partial charge in [-0.3, -0.25) is 19.8 Å². The molecule has 7 heteroatoms. The van der Waals surface area contributed by atoms with Crippen LogP contribution in [0.15, 0.2) is 48.5 Å². The van der Waals surface area contributed by atoms with Crippen molar-refractivity contribution in [3.05, 3.63) is 70.8 Å². The van der Waals surface area contributed by atoms with Gasteiger partial charge >= 0.3 is 6.03 Å². The predicted molar refractivity (Wildman–Crippen MR) is 129 cm³/mol. The quantitative estimate of drug-likeness (QED) is 0.597. The first-order valence-corrected chi connectivity index (χ1v) is 12.3. The molecule has 178 valence electrons. The normalized spacial score (nSPS) is 24.9. The van der Waals surface area contributed by atoms with Crippen molar-refractivity contribution in [2.75, 3.05) is 0 Å². The van der Waals surface area contributed by atoms with Crippen LogP contribution in [0.1, 0.15) is 66.7 Å². The van der Waals surface area contributed by atoms with E-state index in [1.54, 1.807) is 0 Å². The highest BCUT2D eigenvalue weighted by Gasteiger charge is 2.34. The Balaban J connectivity index is 1.08. The van der Waals surface area contributed by atoms with Gasteiger partial charge < -0.3 is 10.6 Å². The smallest absolute Gasteiger partial charge is 0.315 e. The lowest BCUT2D eigenvalue weighted by molar-refractivity contribution is -0.137. The molecule has 1 aliphatic carbocycles. The zero-order valence-electron chi connectivity index (χ0n) is 19.4. The Morgan fingerprint density at radius 1 is 0.941 bits per heavy atom. The molecule has 7 nitrogen and oxygen atoms in total. The molecule has 2 fully saturated rings. The minimum Gasteiger partial charge on any atom is -0.335 e. The first kappa shape index (κ1) is 22.6. The summed E-state index contributed by atoms with van der Waals surface area (Å²) in [5.41, 5.74) is 4.83. The number of hydrogen-bond acceptors (Lipinski definition) is 4. The maximum absolute atomic E-state index is 12.5. The number of fused-ring (bicyclic) bond motifs is 1. The molecular weight excluding hydrogens is 428 g/mol. The van der Waals surface area contributed by atoms with E-state index in [4.69, 9.17) is 0 Å². The highest BCUT2D eigenvalue weighted by atomic mass is 16.2. The van der Waals surface area contributed by atoms with E-state index >= 15 is 0 Å². The molecular formula is C27H32N4O3. The van der Waals surface area contributed by atoms with Crippen molar-refractivity contribution in [2.24, 2.45) is 0 Å². The van der Waals surface area contributed by atoms with Crippen LogP contribution in [0.25, 0.3) is 0 Å². The number of nitrogens with zero attached hydrogens (tertiary/aromatic N) is 1. The number of piperidine rings is 1. The summed E-state index contributed by atoms with van der Waals surface area (Å²) in [6.07, 6.45) is 5.17. The number of urea groups is 1. The third-order valence-corrected chi connectivity index (χ3v) is 7.45. The van der Waals surface area contributed by atoms with Crippen molar-refractivity contribution in [1.29, 1.82) is 0 Å². The fourth-order valence-corrected chi connectivity index (χ4v) is 5.55. The summed E-state index contributed by atoms with van der Waals surface area (Å²) in [5.74, 6) is 0.211. The van der Waals surface area contributed by atoms with E-state index in [1.165, 1.54) is 16.7 Å². The number of imide groups is 1. The number of carbonyl (C=O) groups is 3. The van der Waals surface area contributed by atoms with Crippen molar-refractivity contribution < 1.29 is 14.4 Å². The fourth-order valence-electron chi connectivity index (χ4n) is 5.55. The summed E-state index contributed by atoms with van der Waals surface area (Å²) in [6.45, 7) is 1.87. The summed E-state index contributed by atoms with van der Waals surface area (Å²) in [6, 6.07) is 16.7. The van der Waals surface area contributed by atoms with Gasteiger partial charge in [0, 0.05) is 32.1 Å². The molecule has 0 spiro atoms. The van der Waals surface area contributed by atoms with Crippen molar-refractivity contribution in [3.8, 4) is 0 Å². The van der Waals surface area contributed by atoms with Crippen molar-refractivity contribution in [3.63, 3.8) is 0 Å². The molecule has 3 N–H and O–H groups in total. The van der Waals surface area contributed by atoms with Gasteiger partial charge in [-0.15, -0.1) is 0 Å². The lowest BCUT2D eigenvalue weighted by atomic mass is 9.82. The van der Waals surface area contributed by atoms with Crippen molar-refractivity contribution >= 4 is 17.8 Å². The van der Waals surface area contributed by atoms with Crippen LogP contribution in [0.4, 0.5) is 4.79 Å². The Morgan fingerprint density at radius 2 is 1.71 bits per heavy atom. The molecule has 2 aliphatic heterocycles. The van der Waals surface area contributed by atoms with Crippen molar-refractivity contribution in [2.45, 2.75) is 76.2 Å². The third kappa shape index (κ3) is 5.14. The van der Waals surface area contributed by atoms with Gasteiger partial charge in [0.25, 0.3) is 0 Å². The second kappa shape index (κ2) is 9.97. The van der Waals surface area contributed by atoms with Gasteiger partial charge in [0.05, 0.1) is 6.04 Å². The number of hydrogen-bond donors (Lipinski definition) is 3. The maximum Gasteiger partial charge on any atom is 0.315 e. The Kier molecular flexibility index (Phi) is 6.63. The average Bonchev–Trinajstić information content (AvgIpc) is 3.27. The van der Waals surface area contributed by atoms with Crippen molar-refractivity contribution in [1.82, 2.24) is 20.9 Å². The average molecular weight is 461 g/mol. The Morgan fingerprint density at radius 3 is 2.47 bits per heavy atom. The molecule has 2 aromatic rings. The summed E-state index contributed by atoms with van der Waals surface area (Å²) >= 11 is 0. The van der Waals surface area contributed by atoms with E-state index in [1.807, 2.05) is 6.07 Å². The molecule has 1 unspecified atom stereocenters.